The number of ether oxygens (including phenoxy) is 2. The zero-order chi connectivity index (χ0) is 24.9. The first kappa shape index (κ1) is 24.2. The van der Waals surface area contributed by atoms with Crippen molar-refractivity contribution in [3.05, 3.63) is 114 Å². The van der Waals surface area contributed by atoms with Crippen molar-refractivity contribution in [2.75, 3.05) is 14.2 Å². The van der Waals surface area contributed by atoms with Crippen molar-refractivity contribution in [1.82, 2.24) is 4.57 Å². The normalized spacial score (nSPS) is 12.1. The molecule has 3 aromatic carbocycles. The Bertz CT molecular complexity index is 1530. The first-order chi connectivity index (χ1) is 16.9. The van der Waals surface area contributed by atoms with E-state index in [1.54, 1.807) is 36.4 Å². The highest BCUT2D eigenvalue weighted by molar-refractivity contribution is 7.07. The lowest BCUT2D eigenvalue weighted by atomic mass is 10.1. The summed E-state index contributed by atoms with van der Waals surface area (Å²) in [7, 11) is 3.02. The van der Waals surface area contributed by atoms with E-state index in [9.17, 15) is 14.0 Å². The van der Waals surface area contributed by atoms with E-state index >= 15 is 0 Å². The molecule has 0 saturated heterocycles. The van der Waals surface area contributed by atoms with Crippen molar-refractivity contribution in [3.63, 3.8) is 0 Å². The molecule has 1 heterocycles. The quantitative estimate of drug-likeness (QED) is 0.370. The van der Waals surface area contributed by atoms with Gasteiger partial charge in [0.2, 0.25) is 0 Å². The number of aryl methyl sites for hydroxylation is 1. The molecule has 0 radical (unpaired) electrons. The van der Waals surface area contributed by atoms with Crippen LogP contribution in [0.5, 0.6) is 11.5 Å². The van der Waals surface area contributed by atoms with Gasteiger partial charge >= 0.3 is 0 Å². The molecular formula is C28H24FNO4S. The molecule has 0 bridgehead atoms. The Morgan fingerprint density at radius 2 is 1.69 bits per heavy atom. The highest BCUT2D eigenvalue weighted by atomic mass is 32.1. The third-order valence-electron chi connectivity index (χ3n) is 5.43. The standard InChI is InChI=1S/C28H24FNO4S/c1-18-7-9-19(10-8-18)12-26-28(32)30(17-20-5-4-6-22(29)11-20)27(35-26)16-25(31)21-13-23(33-2)15-24(14-21)34-3/h4-16H,17H2,1-3H3/b26-12-,27-16+. The smallest absolute Gasteiger partial charge is 0.269 e. The number of aromatic nitrogens is 1. The van der Waals surface area contributed by atoms with Gasteiger partial charge in [-0.05, 0) is 48.4 Å². The first-order valence-electron chi connectivity index (χ1n) is 10.9. The lowest BCUT2D eigenvalue weighted by molar-refractivity contribution is 0.106. The summed E-state index contributed by atoms with van der Waals surface area (Å²) >= 11 is 1.21. The SMILES string of the molecule is COc1cc(OC)cc(C(=O)/C=c2/s/c(=C\c3ccc(C)cc3)c(=O)n2Cc2cccc(F)c2)c1. The van der Waals surface area contributed by atoms with Gasteiger partial charge in [0.1, 0.15) is 22.0 Å². The largest absolute Gasteiger partial charge is 0.497 e. The van der Waals surface area contributed by atoms with Gasteiger partial charge in [0.25, 0.3) is 5.56 Å². The topological polar surface area (TPSA) is 57.5 Å². The molecule has 0 spiro atoms. The van der Waals surface area contributed by atoms with Crippen molar-refractivity contribution in [2.24, 2.45) is 0 Å². The maximum absolute atomic E-state index is 13.8. The van der Waals surface area contributed by atoms with Gasteiger partial charge in [-0.25, -0.2) is 4.39 Å². The molecule has 0 aliphatic carbocycles. The van der Waals surface area contributed by atoms with Crippen molar-refractivity contribution >= 4 is 29.3 Å². The first-order valence-corrected chi connectivity index (χ1v) is 11.7. The average molecular weight is 490 g/mol. The lowest BCUT2D eigenvalue weighted by Gasteiger charge is -2.06. The zero-order valence-corrected chi connectivity index (χ0v) is 20.4. The summed E-state index contributed by atoms with van der Waals surface area (Å²) in [6, 6.07) is 18.8. The number of hydrogen-bond acceptors (Lipinski definition) is 5. The van der Waals surface area contributed by atoms with Crippen LogP contribution >= 0.6 is 11.3 Å². The van der Waals surface area contributed by atoms with Crippen LogP contribution in [0.25, 0.3) is 12.2 Å². The Labute approximate surface area is 206 Å². The third kappa shape index (κ3) is 5.75. The van der Waals surface area contributed by atoms with E-state index in [1.165, 1.54) is 48.3 Å². The summed E-state index contributed by atoms with van der Waals surface area (Å²) in [5.74, 6) is 0.274. The number of hydrogen-bond donors (Lipinski definition) is 0. The third-order valence-corrected chi connectivity index (χ3v) is 6.49. The Morgan fingerprint density at radius 1 is 1.00 bits per heavy atom. The fraction of sp³-hybridized carbons (Fsp3) is 0.143. The fourth-order valence-corrected chi connectivity index (χ4v) is 4.61. The van der Waals surface area contributed by atoms with Crippen LogP contribution in [0.4, 0.5) is 4.39 Å². The van der Waals surface area contributed by atoms with Gasteiger partial charge in [-0.15, -0.1) is 11.3 Å². The van der Waals surface area contributed by atoms with Gasteiger partial charge in [0, 0.05) is 17.7 Å². The lowest BCUT2D eigenvalue weighted by Crippen LogP contribution is -2.32. The number of methoxy groups -OCH3 is 2. The van der Waals surface area contributed by atoms with Gasteiger partial charge < -0.3 is 9.47 Å². The minimum absolute atomic E-state index is 0.134. The van der Waals surface area contributed by atoms with Gasteiger partial charge in [-0.2, -0.15) is 0 Å². The molecule has 0 atom stereocenters. The minimum Gasteiger partial charge on any atom is -0.497 e. The second kappa shape index (κ2) is 10.5. The molecule has 0 unspecified atom stereocenters. The highest BCUT2D eigenvalue weighted by Crippen LogP contribution is 2.23. The number of carbonyl (C=O) groups excluding carboxylic acids is 1. The summed E-state index contributed by atoms with van der Waals surface area (Å²) in [4.78, 5) is 26.5. The number of halogens is 1. The average Bonchev–Trinajstić information content (AvgIpc) is 3.13. The highest BCUT2D eigenvalue weighted by Gasteiger charge is 2.12. The number of nitrogens with zero attached hydrogens (tertiary/aromatic N) is 1. The van der Waals surface area contributed by atoms with Gasteiger partial charge in [0.15, 0.2) is 5.78 Å². The Hall–Kier alpha value is -3.97. The molecule has 4 rings (SSSR count). The summed E-state index contributed by atoms with van der Waals surface area (Å²) in [6.45, 7) is 2.13. The predicted octanol–water partition coefficient (Wildman–Crippen LogP) is 3.92. The summed E-state index contributed by atoms with van der Waals surface area (Å²) in [5, 5.41) is 0. The van der Waals surface area contributed by atoms with E-state index < -0.39 is 0 Å². The van der Waals surface area contributed by atoms with Crippen LogP contribution in [0.2, 0.25) is 0 Å². The van der Waals surface area contributed by atoms with Crippen molar-refractivity contribution in [3.8, 4) is 11.5 Å². The molecule has 178 valence electrons. The summed E-state index contributed by atoms with van der Waals surface area (Å²) in [6.07, 6.45) is 3.22. The second-order valence-corrected chi connectivity index (χ2v) is 9.05. The molecular weight excluding hydrogens is 465 g/mol. The molecule has 0 N–H and O–H groups in total. The number of Topliss-reactive ketones (excluding diaryl/α,β-unsaturated/α-hetero) is 1. The Morgan fingerprint density at radius 3 is 2.31 bits per heavy atom. The Kier molecular flexibility index (Phi) is 7.27. The van der Waals surface area contributed by atoms with Gasteiger partial charge in [-0.1, -0.05) is 42.0 Å². The number of benzene rings is 3. The van der Waals surface area contributed by atoms with E-state index in [0.29, 0.717) is 31.8 Å². The van der Waals surface area contributed by atoms with E-state index in [4.69, 9.17) is 9.47 Å². The molecule has 0 saturated carbocycles. The zero-order valence-electron chi connectivity index (χ0n) is 19.6. The summed E-state index contributed by atoms with van der Waals surface area (Å²) in [5.41, 5.74) is 2.73. The van der Waals surface area contributed by atoms with Crippen molar-refractivity contribution in [2.45, 2.75) is 13.5 Å². The molecule has 5 nitrogen and oxygen atoms in total. The van der Waals surface area contributed by atoms with Gasteiger partial charge in [0.05, 0.1) is 25.3 Å². The van der Waals surface area contributed by atoms with E-state index in [1.807, 2.05) is 31.2 Å². The number of thiazole rings is 1. The van der Waals surface area contributed by atoms with Gasteiger partial charge in [-0.3, -0.25) is 14.2 Å². The van der Waals surface area contributed by atoms with Crippen LogP contribution in [0.15, 0.2) is 71.5 Å². The van der Waals surface area contributed by atoms with E-state index in [2.05, 4.69) is 0 Å². The molecule has 0 aliphatic heterocycles. The molecule has 0 amide bonds. The Balaban J connectivity index is 1.86. The monoisotopic (exact) mass is 489 g/mol. The second-order valence-electron chi connectivity index (χ2n) is 7.99. The van der Waals surface area contributed by atoms with Crippen LogP contribution in [0.1, 0.15) is 27.0 Å². The number of carbonyl (C=O) groups is 1. The molecule has 0 aliphatic rings. The summed E-state index contributed by atoms with van der Waals surface area (Å²) < 4.78 is 26.8. The number of rotatable bonds is 7. The molecule has 1 aromatic heterocycles. The molecule has 35 heavy (non-hydrogen) atoms. The van der Waals surface area contributed by atoms with Crippen LogP contribution in [0.3, 0.4) is 0 Å². The van der Waals surface area contributed by atoms with Crippen molar-refractivity contribution in [1.29, 1.82) is 0 Å². The fourth-order valence-electron chi connectivity index (χ4n) is 3.57. The van der Waals surface area contributed by atoms with E-state index in [-0.39, 0.29) is 23.7 Å². The molecule has 7 heteroatoms. The molecule has 0 fully saturated rings. The minimum atomic E-state index is -0.387. The van der Waals surface area contributed by atoms with E-state index in [0.717, 1.165) is 11.1 Å². The van der Waals surface area contributed by atoms with Crippen LogP contribution in [-0.2, 0) is 6.54 Å². The maximum atomic E-state index is 13.8. The number of ketones is 1. The van der Waals surface area contributed by atoms with Crippen LogP contribution in [0, 0.1) is 12.7 Å². The van der Waals surface area contributed by atoms with Crippen molar-refractivity contribution < 1.29 is 18.7 Å². The maximum Gasteiger partial charge on any atom is 0.269 e. The van der Waals surface area contributed by atoms with Crippen LogP contribution < -0.4 is 24.2 Å². The molecule has 4 aromatic rings. The van der Waals surface area contributed by atoms with Crippen LogP contribution in [-0.4, -0.2) is 24.6 Å². The predicted molar refractivity (Wildman–Crippen MR) is 136 cm³/mol.